The third-order valence-corrected chi connectivity index (χ3v) is 6.36. The van der Waals surface area contributed by atoms with E-state index in [1.165, 1.54) is 12.1 Å². The summed E-state index contributed by atoms with van der Waals surface area (Å²) in [6.07, 6.45) is 0. The molecule has 0 radical (unpaired) electrons. The molecular weight excluding hydrogens is 391 g/mol. The number of rotatable bonds is 6. The summed E-state index contributed by atoms with van der Waals surface area (Å²) in [6, 6.07) is 11.1. The van der Waals surface area contributed by atoms with Crippen molar-refractivity contribution in [2.75, 3.05) is 26.3 Å². The van der Waals surface area contributed by atoms with Crippen LogP contribution in [0.3, 0.4) is 0 Å². The fourth-order valence-corrected chi connectivity index (χ4v) is 4.76. The molecule has 8 heteroatoms. The highest BCUT2D eigenvalue weighted by molar-refractivity contribution is 7.82. The van der Waals surface area contributed by atoms with Crippen LogP contribution in [0.1, 0.15) is 11.1 Å². The fraction of sp³-hybridized carbons (Fsp3) is 0.316. The van der Waals surface area contributed by atoms with Crippen molar-refractivity contribution in [2.24, 2.45) is 5.41 Å². The third kappa shape index (κ3) is 4.14. The van der Waals surface area contributed by atoms with Crippen LogP contribution in [0.4, 0.5) is 4.39 Å². The van der Waals surface area contributed by atoms with Gasteiger partial charge in [-0.1, -0.05) is 17.7 Å². The standard InChI is InChI=1S/C19H18ClFN2O3S/c1-13-2-5-18(16(20)6-13)27(25)23-9-19(10-23,11-24)12-26-15-4-3-14(8-22)17(21)7-15/h2-7,24H,9-12H2,1H3. The molecule has 1 aliphatic rings. The van der Waals surface area contributed by atoms with E-state index in [-0.39, 0.29) is 24.5 Å². The lowest BCUT2D eigenvalue weighted by molar-refractivity contribution is -0.0250. The van der Waals surface area contributed by atoms with Gasteiger partial charge in [-0.25, -0.2) is 12.9 Å². The summed E-state index contributed by atoms with van der Waals surface area (Å²) in [4.78, 5) is 0.531. The third-order valence-electron chi connectivity index (χ3n) is 4.47. The van der Waals surface area contributed by atoms with Crippen molar-refractivity contribution < 1.29 is 18.4 Å². The van der Waals surface area contributed by atoms with Gasteiger partial charge in [0.15, 0.2) is 0 Å². The summed E-state index contributed by atoms with van der Waals surface area (Å²) in [6.45, 7) is 2.62. The number of aryl methyl sites for hydroxylation is 1. The van der Waals surface area contributed by atoms with Crippen molar-refractivity contribution in [3.05, 3.63) is 58.4 Å². The second-order valence-electron chi connectivity index (χ2n) is 6.68. The molecule has 5 nitrogen and oxygen atoms in total. The monoisotopic (exact) mass is 408 g/mol. The second-order valence-corrected chi connectivity index (χ2v) is 8.54. The summed E-state index contributed by atoms with van der Waals surface area (Å²) >= 11 is 6.18. The Labute approximate surface area is 164 Å². The molecule has 1 saturated heterocycles. The van der Waals surface area contributed by atoms with Crippen molar-refractivity contribution in [1.29, 1.82) is 5.26 Å². The molecule has 1 aliphatic heterocycles. The van der Waals surface area contributed by atoms with Crippen LogP contribution in [0, 0.1) is 29.5 Å². The normalized spacial score (nSPS) is 17.0. The Morgan fingerprint density at radius 2 is 2.11 bits per heavy atom. The van der Waals surface area contributed by atoms with Crippen LogP contribution in [0.15, 0.2) is 41.3 Å². The molecular formula is C19H18ClFN2O3S. The summed E-state index contributed by atoms with van der Waals surface area (Å²) in [5.41, 5.74) is 0.341. The van der Waals surface area contributed by atoms with Gasteiger partial charge in [0.05, 0.1) is 34.1 Å². The molecule has 1 fully saturated rings. The number of aliphatic hydroxyl groups excluding tert-OH is 1. The maximum atomic E-state index is 13.7. The Balaban J connectivity index is 1.63. The van der Waals surface area contributed by atoms with Gasteiger partial charge in [0.2, 0.25) is 0 Å². The van der Waals surface area contributed by atoms with Gasteiger partial charge < -0.3 is 9.84 Å². The first kappa shape index (κ1) is 19.8. The first-order chi connectivity index (χ1) is 12.9. The molecule has 1 N–H and O–H groups in total. The van der Waals surface area contributed by atoms with E-state index >= 15 is 0 Å². The highest BCUT2D eigenvalue weighted by Crippen LogP contribution is 2.35. The zero-order chi connectivity index (χ0) is 19.6. The molecule has 0 aromatic heterocycles. The number of halogens is 2. The molecule has 27 heavy (non-hydrogen) atoms. The maximum Gasteiger partial charge on any atom is 0.144 e. The van der Waals surface area contributed by atoms with Crippen LogP contribution in [-0.4, -0.2) is 39.9 Å². The van der Waals surface area contributed by atoms with Gasteiger partial charge in [-0.05, 0) is 36.8 Å². The molecule has 0 spiro atoms. The van der Waals surface area contributed by atoms with E-state index < -0.39 is 22.2 Å². The number of ether oxygens (including phenoxy) is 1. The molecule has 142 valence electrons. The van der Waals surface area contributed by atoms with E-state index in [0.29, 0.717) is 23.0 Å². The molecule has 0 bridgehead atoms. The fourth-order valence-electron chi connectivity index (χ4n) is 2.86. The molecule has 1 unspecified atom stereocenters. The minimum atomic E-state index is -1.43. The second kappa shape index (κ2) is 7.95. The van der Waals surface area contributed by atoms with Gasteiger partial charge in [0.25, 0.3) is 0 Å². The van der Waals surface area contributed by atoms with Crippen LogP contribution in [0.2, 0.25) is 5.02 Å². The molecule has 2 aromatic rings. The number of benzene rings is 2. The van der Waals surface area contributed by atoms with Crippen LogP contribution in [0.5, 0.6) is 5.75 Å². The van der Waals surface area contributed by atoms with Crippen molar-refractivity contribution in [3.8, 4) is 11.8 Å². The van der Waals surface area contributed by atoms with Crippen LogP contribution < -0.4 is 4.74 Å². The van der Waals surface area contributed by atoms with Crippen molar-refractivity contribution in [1.82, 2.24) is 4.31 Å². The first-order valence-electron chi connectivity index (χ1n) is 8.24. The van der Waals surface area contributed by atoms with E-state index in [4.69, 9.17) is 21.6 Å². The van der Waals surface area contributed by atoms with Crippen molar-refractivity contribution >= 4 is 22.6 Å². The Hall–Kier alpha value is -1.98. The van der Waals surface area contributed by atoms with Crippen LogP contribution >= 0.6 is 11.6 Å². The highest BCUT2D eigenvalue weighted by Gasteiger charge is 2.46. The van der Waals surface area contributed by atoms with Gasteiger partial charge >= 0.3 is 0 Å². The molecule has 0 amide bonds. The van der Waals surface area contributed by atoms with E-state index in [0.717, 1.165) is 11.6 Å². The summed E-state index contributed by atoms with van der Waals surface area (Å²) in [5.74, 6) is -0.376. The first-order valence-corrected chi connectivity index (χ1v) is 9.72. The number of nitrogens with zero attached hydrogens (tertiary/aromatic N) is 2. The molecule has 3 rings (SSSR count). The van der Waals surface area contributed by atoms with Gasteiger partial charge in [-0.3, -0.25) is 0 Å². The summed E-state index contributed by atoms with van der Waals surface area (Å²) < 4.78 is 33.7. The quantitative estimate of drug-likeness (QED) is 0.797. The average molecular weight is 409 g/mol. The number of hydrogen-bond acceptors (Lipinski definition) is 4. The number of hydrogen-bond donors (Lipinski definition) is 1. The Bertz CT molecular complexity index is 926. The van der Waals surface area contributed by atoms with Gasteiger partial charge in [0.1, 0.15) is 28.6 Å². The summed E-state index contributed by atoms with van der Waals surface area (Å²) in [5, 5.41) is 19.0. The molecule has 1 atom stereocenters. The van der Waals surface area contributed by atoms with E-state index in [9.17, 15) is 13.7 Å². The van der Waals surface area contributed by atoms with E-state index in [1.54, 1.807) is 22.5 Å². The SMILES string of the molecule is Cc1ccc(S(=O)N2CC(CO)(COc3ccc(C#N)c(F)c3)C2)c(Cl)c1. The van der Waals surface area contributed by atoms with Gasteiger partial charge in [0, 0.05) is 19.2 Å². The van der Waals surface area contributed by atoms with E-state index in [2.05, 4.69) is 0 Å². The van der Waals surface area contributed by atoms with Crippen LogP contribution in [-0.2, 0) is 11.0 Å². The average Bonchev–Trinajstić information content (AvgIpc) is 2.61. The lowest BCUT2D eigenvalue weighted by Crippen LogP contribution is -2.61. The minimum absolute atomic E-state index is 0.0561. The topological polar surface area (TPSA) is 73.6 Å². The Morgan fingerprint density at radius 1 is 1.37 bits per heavy atom. The zero-order valence-electron chi connectivity index (χ0n) is 14.6. The molecule has 0 saturated carbocycles. The Morgan fingerprint density at radius 3 is 2.70 bits per heavy atom. The smallest absolute Gasteiger partial charge is 0.144 e. The maximum absolute atomic E-state index is 13.7. The Kier molecular flexibility index (Phi) is 5.82. The zero-order valence-corrected chi connectivity index (χ0v) is 16.2. The molecule has 0 aliphatic carbocycles. The van der Waals surface area contributed by atoms with Crippen molar-refractivity contribution in [2.45, 2.75) is 11.8 Å². The molecule has 2 aromatic carbocycles. The largest absolute Gasteiger partial charge is 0.493 e. The minimum Gasteiger partial charge on any atom is -0.493 e. The summed E-state index contributed by atoms with van der Waals surface area (Å²) in [7, 11) is -1.43. The predicted octanol–water partition coefficient (Wildman–Crippen LogP) is 3.06. The van der Waals surface area contributed by atoms with Crippen molar-refractivity contribution in [3.63, 3.8) is 0 Å². The molecule has 1 heterocycles. The van der Waals surface area contributed by atoms with Gasteiger partial charge in [-0.2, -0.15) is 5.26 Å². The number of aliphatic hydroxyl groups is 1. The highest BCUT2D eigenvalue weighted by atomic mass is 35.5. The van der Waals surface area contributed by atoms with Gasteiger partial charge in [-0.15, -0.1) is 0 Å². The van der Waals surface area contributed by atoms with E-state index in [1.807, 2.05) is 13.0 Å². The lowest BCUT2D eigenvalue weighted by Gasteiger charge is -2.47. The predicted molar refractivity (Wildman–Crippen MR) is 100 cm³/mol. The van der Waals surface area contributed by atoms with Crippen LogP contribution in [0.25, 0.3) is 0 Å². The number of nitriles is 1. The lowest BCUT2D eigenvalue weighted by atomic mass is 9.83.